The van der Waals surface area contributed by atoms with E-state index in [1.54, 1.807) is 0 Å². The van der Waals surface area contributed by atoms with Crippen LogP contribution in [0.25, 0.3) is 0 Å². The molecular formula is C21H28N3O+. The maximum Gasteiger partial charge on any atom is 0.279 e. The van der Waals surface area contributed by atoms with Crippen molar-refractivity contribution in [3.8, 4) is 0 Å². The third-order valence-electron chi connectivity index (χ3n) is 4.94. The molecule has 0 saturated carbocycles. The molecule has 1 heterocycles. The molecule has 25 heavy (non-hydrogen) atoms. The summed E-state index contributed by atoms with van der Waals surface area (Å²) < 4.78 is 0. The topological polar surface area (TPSA) is 36.8 Å². The molecule has 1 aliphatic rings. The zero-order valence-electron chi connectivity index (χ0n) is 15.4. The van der Waals surface area contributed by atoms with E-state index >= 15 is 0 Å². The summed E-state index contributed by atoms with van der Waals surface area (Å²) in [4.78, 5) is 16.2. The quantitative estimate of drug-likeness (QED) is 0.894. The fourth-order valence-corrected chi connectivity index (χ4v) is 3.68. The minimum absolute atomic E-state index is 0.109. The number of anilines is 2. The zero-order valence-corrected chi connectivity index (χ0v) is 15.4. The molecule has 132 valence electrons. The lowest BCUT2D eigenvalue weighted by Crippen LogP contribution is -3.15. The second-order valence-electron chi connectivity index (χ2n) is 7.07. The minimum atomic E-state index is 0.109. The highest BCUT2D eigenvalue weighted by Crippen LogP contribution is 2.21. The van der Waals surface area contributed by atoms with Crippen LogP contribution in [0.5, 0.6) is 0 Å². The molecule has 1 amide bonds. The van der Waals surface area contributed by atoms with Gasteiger partial charge >= 0.3 is 0 Å². The Labute approximate surface area is 150 Å². The maximum atomic E-state index is 12.5. The second kappa shape index (κ2) is 7.70. The number of quaternary nitrogens is 1. The normalized spacial score (nSPS) is 15.2. The van der Waals surface area contributed by atoms with Crippen molar-refractivity contribution in [2.24, 2.45) is 0 Å². The maximum absolute atomic E-state index is 12.5. The summed E-state index contributed by atoms with van der Waals surface area (Å²) in [6.07, 6.45) is 0. The van der Waals surface area contributed by atoms with Gasteiger partial charge in [-0.3, -0.25) is 4.79 Å². The fraction of sp³-hybridized carbons (Fsp3) is 0.381. The van der Waals surface area contributed by atoms with Gasteiger partial charge in [0, 0.05) is 11.4 Å². The van der Waals surface area contributed by atoms with Crippen LogP contribution >= 0.6 is 0 Å². The van der Waals surface area contributed by atoms with Crippen LogP contribution < -0.4 is 15.1 Å². The number of amides is 1. The minimum Gasteiger partial charge on any atom is -0.360 e. The molecule has 4 nitrogen and oxygen atoms in total. The Morgan fingerprint density at radius 3 is 2.24 bits per heavy atom. The van der Waals surface area contributed by atoms with E-state index in [2.05, 4.69) is 67.4 Å². The van der Waals surface area contributed by atoms with Gasteiger partial charge in [0.25, 0.3) is 5.91 Å². The summed E-state index contributed by atoms with van der Waals surface area (Å²) in [6.45, 7) is 10.7. The van der Waals surface area contributed by atoms with Crippen molar-refractivity contribution in [3.05, 3.63) is 59.2 Å². The third kappa shape index (κ3) is 4.40. The largest absolute Gasteiger partial charge is 0.360 e. The summed E-state index contributed by atoms with van der Waals surface area (Å²) in [6, 6.07) is 14.7. The summed E-state index contributed by atoms with van der Waals surface area (Å²) in [5.41, 5.74) is 5.75. The second-order valence-corrected chi connectivity index (χ2v) is 7.07. The van der Waals surface area contributed by atoms with Crippen LogP contribution in [0.2, 0.25) is 0 Å². The Hall–Kier alpha value is -2.33. The number of nitrogens with zero attached hydrogens (tertiary/aromatic N) is 1. The van der Waals surface area contributed by atoms with Crippen molar-refractivity contribution in [2.45, 2.75) is 20.8 Å². The van der Waals surface area contributed by atoms with Crippen molar-refractivity contribution >= 4 is 17.3 Å². The van der Waals surface area contributed by atoms with E-state index in [4.69, 9.17) is 0 Å². The molecule has 4 heteroatoms. The highest BCUT2D eigenvalue weighted by molar-refractivity contribution is 5.93. The van der Waals surface area contributed by atoms with Gasteiger partial charge in [0.2, 0.25) is 0 Å². The Kier molecular flexibility index (Phi) is 5.39. The van der Waals surface area contributed by atoms with Gasteiger partial charge in [-0.1, -0.05) is 35.9 Å². The van der Waals surface area contributed by atoms with Gasteiger partial charge in [-0.15, -0.1) is 0 Å². The molecule has 3 rings (SSSR count). The predicted molar refractivity (Wildman–Crippen MR) is 104 cm³/mol. The Balaban J connectivity index is 1.53. The van der Waals surface area contributed by atoms with E-state index in [1.807, 2.05) is 6.07 Å². The van der Waals surface area contributed by atoms with Crippen molar-refractivity contribution in [1.29, 1.82) is 0 Å². The van der Waals surface area contributed by atoms with Gasteiger partial charge in [-0.25, -0.2) is 0 Å². The average molecular weight is 338 g/mol. The van der Waals surface area contributed by atoms with Crippen molar-refractivity contribution in [1.82, 2.24) is 0 Å². The van der Waals surface area contributed by atoms with Gasteiger partial charge < -0.3 is 15.1 Å². The molecule has 0 atom stereocenters. The standard InChI is InChI=1S/C21H27N3O/c1-16-13-17(2)21(18(3)14-16)22-20(25)15-23-9-11-24(12-10-23)19-7-5-4-6-8-19/h4-8,13-14H,9-12,15H2,1-3H3,(H,22,25)/p+1. The molecule has 2 N–H and O–H groups in total. The Morgan fingerprint density at radius 2 is 1.64 bits per heavy atom. The van der Waals surface area contributed by atoms with Crippen molar-refractivity contribution in [3.63, 3.8) is 0 Å². The highest BCUT2D eigenvalue weighted by Gasteiger charge is 2.22. The summed E-state index contributed by atoms with van der Waals surface area (Å²) >= 11 is 0. The lowest BCUT2D eigenvalue weighted by Gasteiger charge is -2.33. The van der Waals surface area contributed by atoms with E-state index in [1.165, 1.54) is 16.2 Å². The first kappa shape index (κ1) is 17.5. The third-order valence-corrected chi connectivity index (χ3v) is 4.94. The number of benzene rings is 2. The van der Waals surface area contributed by atoms with E-state index in [0.717, 1.165) is 43.0 Å². The van der Waals surface area contributed by atoms with E-state index in [9.17, 15) is 4.79 Å². The van der Waals surface area contributed by atoms with Crippen LogP contribution in [0.4, 0.5) is 11.4 Å². The number of hydrogen-bond donors (Lipinski definition) is 2. The first-order valence-corrected chi connectivity index (χ1v) is 9.04. The highest BCUT2D eigenvalue weighted by atomic mass is 16.2. The van der Waals surface area contributed by atoms with Gasteiger partial charge in [0.05, 0.1) is 26.2 Å². The van der Waals surface area contributed by atoms with Gasteiger partial charge in [0.15, 0.2) is 6.54 Å². The first-order valence-electron chi connectivity index (χ1n) is 9.04. The average Bonchev–Trinajstić information content (AvgIpc) is 2.59. The smallest absolute Gasteiger partial charge is 0.279 e. The SMILES string of the molecule is Cc1cc(C)c(NC(=O)C[NH+]2CCN(c3ccccc3)CC2)c(C)c1. The van der Waals surface area contributed by atoms with Gasteiger partial charge in [-0.05, 0) is 44.0 Å². The van der Waals surface area contributed by atoms with Crippen LogP contribution in [0.3, 0.4) is 0 Å². The van der Waals surface area contributed by atoms with E-state index in [-0.39, 0.29) is 5.91 Å². The van der Waals surface area contributed by atoms with E-state index in [0.29, 0.717) is 6.54 Å². The number of carbonyl (C=O) groups is 1. The number of para-hydroxylation sites is 1. The monoisotopic (exact) mass is 338 g/mol. The molecule has 0 aromatic heterocycles. The zero-order chi connectivity index (χ0) is 17.8. The molecule has 0 aliphatic carbocycles. The van der Waals surface area contributed by atoms with Crippen molar-refractivity contribution in [2.75, 3.05) is 42.9 Å². The molecule has 2 aromatic rings. The lowest BCUT2D eigenvalue weighted by molar-refractivity contribution is -0.892. The molecule has 2 aromatic carbocycles. The number of piperazine rings is 1. The number of nitrogens with one attached hydrogen (secondary N) is 2. The van der Waals surface area contributed by atoms with Crippen LogP contribution in [0.15, 0.2) is 42.5 Å². The van der Waals surface area contributed by atoms with Crippen LogP contribution in [0, 0.1) is 20.8 Å². The first-order chi connectivity index (χ1) is 12.0. The lowest BCUT2D eigenvalue weighted by atomic mass is 10.1. The summed E-state index contributed by atoms with van der Waals surface area (Å²) in [5.74, 6) is 0.109. The fourth-order valence-electron chi connectivity index (χ4n) is 3.68. The Bertz CT molecular complexity index is 711. The number of rotatable bonds is 4. The van der Waals surface area contributed by atoms with E-state index < -0.39 is 0 Å². The van der Waals surface area contributed by atoms with Gasteiger partial charge in [-0.2, -0.15) is 0 Å². The number of carbonyl (C=O) groups excluding carboxylic acids is 1. The molecule has 1 aliphatic heterocycles. The van der Waals surface area contributed by atoms with Crippen LogP contribution in [-0.4, -0.2) is 38.6 Å². The molecule has 1 saturated heterocycles. The molecule has 0 unspecified atom stereocenters. The van der Waals surface area contributed by atoms with Crippen LogP contribution in [0.1, 0.15) is 16.7 Å². The molecule has 0 spiro atoms. The molecule has 1 fully saturated rings. The molecular weight excluding hydrogens is 310 g/mol. The molecule has 0 bridgehead atoms. The number of aryl methyl sites for hydroxylation is 3. The molecule has 0 radical (unpaired) electrons. The Morgan fingerprint density at radius 1 is 1.04 bits per heavy atom. The van der Waals surface area contributed by atoms with Crippen molar-refractivity contribution < 1.29 is 9.69 Å². The van der Waals surface area contributed by atoms with Gasteiger partial charge in [0.1, 0.15) is 0 Å². The summed E-state index contributed by atoms with van der Waals surface area (Å²) in [7, 11) is 0. The predicted octanol–water partition coefficient (Wildman–Crippen LogP) is 1.96. The van der Waals surface area contributed by atoms with Crippen LogP contribution in [-0.2, 0) is 4.79 Å². The summed E-state index contributed by atoms with van der Waals surface area (Å²) in [5, 5.41) is 3.12. The number of hydrogen-bond acceptors (Lipinski definition) is 2.